The summed E-state index contributed by atoms with van der Waals surface area (Å²) in [5, 5.41) is 0. The Bertz CT molecular complexity index is 555. The molecule has 2 nitrogen and oxygen atoms in total. The molecule has 0 fully saturated rings. The molecule has 5 heteroatoms. The molecule has 18 heavy (non-hydrogen) atoms. The van der Waals surface area contributed by atoms with Crippen LogP contribution in [-0.4, -0.2) is 0 Å². The molecule has 0 saturated heterocycles. The fraction of sp³-hybridized carbons (Fsp3) is 0.0769. The van der Waals surface area contributed by atoms with Crippen LogP contribution in [0.1, 0.15) is 5.56 Å². The lowest BCUT2D eigenvalue weighted by Crippen LogP contribution is -2.02. The third kappa shape index (κ3) is 2.61. The molecule has 94 valence electrons. The first-order valence-electron chi connectivity index (χ1n) is 5.19. The Morgan fingerprint density at radius 2 is 1.72 bits per heavy atom. The molecule has 2 aromatic carbocycles. The van der Waals surface area contributed by atoms with E-state index in [-0.39, 0.29) is 18.0 Å². The predicted molar refractivity (Wildman–Crippen MR) is 69.2 cm³/mol. The van der Waals surface area contributed by atoms with Gasteiger partial charge in [0.2, 0.25) is 0 Å². The number of hydrogen-bond acceptors (Lipinski definition) is 2. The highest BCUT2D eigenvalue weighted by Crippen LogP contribution is 2.27. The van der Waals surface area contributed by atoms with Gasteiger partial charge < -0.3 is 10.5 Å². The van der Waals surface area contributed by atoms with Crippen molar-refractivity contribution in [1.82, 2.24) is 0 Å². The number of nitrogen functional groups attached to an aromatic ring is 1. The molecule has 0 spiro atoms. The highest BCUT2D eigenvalue weighted by atomic mass is 79.9. The SMILES string of the molecule is Nc1cccc(F)c1OCc1cccc(F)c1Br. The summed E-state index contributed by atoms with van der Waals surface area (Å²) < 4.78 is 32.3. The summed E-state index contributed by atoms with van der Waals surface area (Å²) >= 11 is 3.11. The van der Waals surface area contributed by atoms with E-state index >= 15 is 0 Å². The van der Waals surface area contributed by atoms with Crippen LogP contribution in [-0.2, 0) is 6.61 Å². The molecule has 0 radical (unpaired) electrons. The number of halogens is 3. The highest BCUT2D eigenvalue weighted by molar-refractivity contribution is 9.10. The van der Waals surface area contributed by atoms with E-state index in [1.54, 1.807) is 18.2 Å². The first kappa shape index (κ1) is 12.8. The standard InChI is InChI=1S/C13H10BrF2NO/c14-12-8(3-1-4-9(12)15)7-18-13-10(16)5-2-6-11(13)17/h1-6H,7,17H2. The first-order chi connectivity index (χ1) is 8.59. The lowest BCUT2D eigenvalue weighted by Gasteiger charge is -2.11. The van der Waals surface area contributed by atoms with E-state index < -0.39 is 11.6 Å². The average molecular weight is 314 g/mol. The predicted octanol–water partition coefficient (Wildman–Crippen LogP) is 3.89. The molecule has 0 unspecified atom stereocenters. The monoisotopic (exact) mass is 313 g/mol. The first-order valence-corrected chi connectivity index (χ1v) is 5.98. The molecular formula is C13H10BrF2NO. The quantitative estimate of drug-likeness (QED) is 0.873. The van der Waals surface area contributed by atoms with Crippen LogP contribution in [0.5, 0.6) is 5.75 Å². The van der Waals surface area contributed by atoms with Gasteiger partial charge in [-0.1, -0.05) is 18.2 Å². The Balaban J connectivity index is 2.19. The number of benzene rings is 2. The lowest BCUT2D eigenvalue weighted by atomic mass is 10.2. The number of ether oxygens (including phenoxy) is 1. The number of anilines is 1. The molecular weight excluding hydrogens is 304 g/mol. The molecule has 0 heterocycles. The maximum atomic E-state index is 13.4. The van der Waals surface area contributed by atoms with E-state index in [1.165, 1.54) is 18.2 Å². The number of hydrogen-bond donors (Lipinski definition) is 1. The summed E-state index contributed by atoms with van der Waals surface area (Å²) in [5.74, 6) is -0.950. The van der Waals surface area contributed by atoms with E-state index in [0.717, 1.165) is 0 Å². The molecule has 0 atom stereocenters. The average Bonchev–Trinajstić information content (AvgIpc) is 2.33. The fourth-order valence-corrected chi connectivity index (χ4v) is 1.87. The molecule has 2 rings (SSSR count). The van der Waals surface area contributed by atoms with Crippen LogP contribution >= 0.6 is 15.9 Å². The van der Waals surface area contributed by atoms with Crippen molar-refractivity contribution < 1.29 is 13.5 Å². The normalized spacial score (nSPS) is 10.4. The van der Waals surface area contributed by atoms with Gasteiger partial charge in [0.15, 0.2) is 11.6 Å². The number of rotatable bonds is 3. The molecule has 0 amide bonds. The van der Waals surface area contributed by atoms with Crippen LogP contribution in [0, 0.1) is 11.6 Å². The van der Waals surface area contributed by atoms with Crippen LogP contribution in [0.2, 0.25) is 0 Å². The van der Waals surface area contributed by atoms with Crippen molar-refractivity contribution in [2.24, 2.45) is 0 Å². The summed E-state index contributed by atoms with van der Waals surface area (Å²) in [4.78, 5) is 0. The van der Waals surface area contributed by atoms with Crippen molar-refractivity contribution in [3.8, 4) is 5.75 Å². The van der Waals surface area contributed by atoms with Crippen LogP contribution in [0.3, 0.4) is 0 Å². The lowest BCUT2D eigenvalue weighted by molar-refractivity contribution is 0.291. The van der Waals surface area contributed by atoms with Crippen molar-refractivity contribution in [3.63, 3.8) is 0 Å². The minimum absolute atomic E-state index is 0.0198. The van der Waals surface area contributed by atoms with Gasteiger partial charge in [-0.3, -0.25) is 0 Å². The van der Waals surface area contributed by atoms with Gasteiger partial charge in [0.25, 0.3) is 0 Å². The molecule has 0 aliphatic heterocycles. The second kappa shape index (κ2) is 5.35. The summed E-state index contributed by atoms with van der Waals surface area (Å²) in [6, 6.07) is 8.86. The summed E-state index contributed by atoms with van der Waals surface area (Å²) in [5.41, 5.74) is 6.39. The second-order valence-corrected chi connectivity index (χ2v) is 4.45. The van der Waals surface area contributed by atoms with Gasteiger partial charge in [0, 0.05) is 5.56 Å². The van der Waals surface area contributed by atoms with Gasteiger partial charge >= 0.3 is 0 Å². The zero-order chi connectivity index (χ0) is 13.1. The Morgan fingerprint density at radius 1 is 1.06 bits per heavy atom. The summed E-state index contributed by atoms with van der Waals surface area (Å²) in [6.07, 6.45) is 0. The molecule has 0 aliphatic carbocycles. The summed E-state index contributed by atoms with van der Waals surface area (Å²) in [6.45, 7) is 0.0312. The van der Waals surface area contributed by atoms with Crippen molar-refractivity contribution in [2.75, 3.05) is 5.73 Å². The van der Waals surface area contributed by atoms with Crippen molar-refractivity contribution in [2.45, 2.75) is 6.61 Å². The largest absolute Gasteiger partial charge is 0.484 e. The Kier molecular flexibility index (Phi) is 3.81. The van der Waals surface area contributed by atoms with Crippen molar-refractivity contribution in [3.05, 3.63) is 58.1 Å². The third-order valence-electron chi connectivity index (χ3n) is 2.40. The highest BCUT2D eigenvalue weighted by Gasteiger charge is 2.10. The topological polar surface area (TPSA) is 35.2 Å². The molecule has 0 saturated carbocycles. The fourth-order valence-electron chi connectivity index (χ4n) is 1.49. The summed E-state index contributed by atoms with van der Waals surface area (Å²) in [7, 11) is 0. The van der Waals surface area contributed by atoms with Gasteiger partial charge in [-0.25, -0.2) is 8.78 Å². The smallest absolute Gasteiger partial charge is 0.178 e. The molecule has 0 bridgehead atoms. The van der Waals surface area contributed by atoms with Crippen LogP contribution in [0.4, 0.5) is 14.5 Å². The van der Waals surface area contributed by atoms with Crippen molar-refractivity contribution >= 4 is 21.6 Å². The number of nitrogens with two attached hydrogens (primary N) is 1. The van der Waals surface area contributed by atoms with Gasteiger partial charge in [-0.05, 0) is 34.1 Å². The van der Waals surface area contributed by atoms with Crippen LogP contribution < -0.4 is 10.5 Å². The van der Waals surface area contributed by atoms with E-state index in [9.17, 15) is 8.78 Å². The third-order valence-corrected chi connectivity index (χ3v) is 3.29. The minimum atomic E-state index is -0.539. The zero-order valence-electron chi connectivity index (χ0n) is 9.29. The van der Waals surface area contributed by atoms with Crippen molar-refractivity contribution in [1.29, 1.82) is 0 Å². The maximum absolute atomic E-state index is 13.4. The van der Waals surface area contributed by atoms with E-state index in [1.807, 2.05) is 0 Å². The Morgan fingerprint density at radius 3 is 2.44 bits per heavy atom. The molecule has 2 aromatic rings. The second-order valence-electron chi connectivity index (χ2n) is 3.66. The Hall–Kier alpha value is -1.62. The Labute approximate surface area is 112 Å². The van der Waals surface area contributed by atoms with Gasteiger partial charge in [0.1, 0.15) is 12.4 Å². The van der Waals surface area contributed by atoms with Gasteiger partial charge in [-0.15, -0.1) is 0 Å². The van der Waals surface area contributed by atoms with Gasteiger partial charge in [-0.2, -0.15) is 0 Å². The minimum Gasteiger partial charge on any atom is -0.484 e. The van der Waals surface area contributed by atoms with Crippen LogP contribution in [0.25, 0.3) is 0 Å². The van der Waals surface area contributed by atoms with Crippen LogP contribution in [0.15, 0.2) is 40.9 Å². The van der Waals surface area contributed by atoms with E-state index in [2.05, 4.69) is 15.9 Å². The molecule has 0 aromatic heterocycles. The van der Waals surface area contributed by atoms with E-state index in [0.29, 0.717) is 10.0 Å². The molecule has 2 N–H and O–H groups in total. The zero-order valence-corrected chi connectivity index (χ0v) is 10.9. The maximum Gasteiger partial charge on any atom is 0.178 e. The number of para-hydroxylation sites is 1. The van der Waals surface area contributed by atoms with E-state index in [4.69, 9.17) is 10.5 Å². The van der Waals surface area contributed by atoms with Gasteiger partial charge in [0.05, 0.1) is 10.2 Å². The molecule has 0 aliphatic rings.